The third-order valence-corrected chi connectivity index (χ3v) is 10.1. The monoisotopic (exact) mass is 372 g/mol. The predicted octanol–water partition coefficient (Wildman–Crippen LogP) is 3.66. The van der Waals surface area contributed by atoms with Gasteiger partial charge in [0, 0.05) is 0 Å². The summed E-state index contributed by atoms with van der Waals surface area (Å²) in [4.78, 5) is 0. The van der Waals surface area contributed by atoms with Crippen molar-refractivity contribution in [1.29, 1.82) is 0 Å². The summed E-state index contributed by atoms with van der Waals surface area (Å²) < 4.78 is 0. The van der Waals surface area contributed by atoms with Gasteiger partial charge in [-0.15, -0.1) is 6.58 Å². The minimum absolute atomic E-state index is 0.284. The molecule has 1 nitrogen and oxygen atoms in total. The maximum Gasteiger partial charge on any atom is 0.177 e. The fraction of sp³-hybridized carbons (Fsp3) is 0.200. The predicted molar refractivity (Wildman–Crippen MR) is 119 cm³/mol. The van der Waals surface area contributed by atoms with Gasteiger partial charge in [-0.05, 0) is 26.2 Å². The van der Waals surface area contributed by atoms with Crippen LogP contribution in [0.5, 0.6) is 0 Å². The second-order valence-corrected chi connectivity index (χ2v) is 12.0. The van der Waals surface area contributed by atoms with E-state index in [0.29, 0.717) is 0 Å². The van der Waals surface area contributed by atoms with E-state index < -0.39 is 14.2 Å². The Balaban J connectivity index is 2.38. The van der Waals surface area contributed by atoms with Crippen LogP contribution in [0.4, 0.5) is 0 Å². The van der Waals surface area contributed by atoms with Crippen LogP contribution in [0.1, 0.15) is 20.8 Å². The standard InChI is InChI=1S/C25H28OSi/c1-20(24(26)25(2,3)4)27(21-14-8-5-9-15-21,22-16-10-6-11-17-22)23-18-12-7-13-19-23/h5-19,24,26H,1H2,2-4H3. The Bertz CT molecular complexity index is 783. The van der Waals surface area contributed by atoms with Gasteiger partial charge < -0.3 is 5.11 Å². The lowest BCUT2D eigenvalue weighted by molar-refractivity contribution is 0.101. The summed E-state index contributed by atoms with van der Waals surface area (Å²) >= 11 is 0. The smallest absolute Gasteiger partial charge is 0.177 e. The zero-order valence-corrected chi connectivity index (χ0v) is 17.4. The minimum Gasteiger partial charge on any atom is -0.389 e. The molecule has 3 rings (SSSR count). The third-order valence-electron chi connectivity index (χ3n) is 5.25. The Morgan fingerprint density at radius 1 is 0.704 bits per heavy atom. The van der Waals surface area contributed by atoms with Crippen molar-refractivity contribution in [1.82, 2.24) is 0 Å². The molecule has 0 saturated carbocycles. The van der Waals surface area contributed by atoms with E-state index in [1.165, 1.54) is 15.6 Å². The van der Waals surface area contributed by atoms with Gasteiger partial charge in [-0.25, -0.2) is 0 Å². The largest absolute Gasteiger partial charge is 0.389 e. The molecule has 0 aliphatic carbocycles. The van der Waals surface area contributed by atoms with Crippen molar-refractivity contribution in [2.75, 3.05) is 0 Å². The fourth-order valence-corrected chi connectivity index (χ4v) is 8.88. The van der Waals surface area contributed by atoms with Crippen molar-refractivity contribution in [3.05, 3.63) is 103 Å². The van der Waals surface area contributed by atoms with E-state index in [2.05, 4.69) is 100 Å². The molecule has 0 amide bonds. The summed E-state index contributed by atoms with van der Waals surface area (Å²) in [7, 11) is -2.64. The van der Waals surface area contributed by atoms with Crippen LogP contribution in [0.2, 0.25) is 0 Å². The first-order valence-electron chi connectivity index (χ1n) is 9.42. The first kappa shape index (κ1) is 19.3. The zero-order chi connectivity index (χ0) is 19.5. The molecule has 3 aromatic rings. The second kappa shape index (κ2) is 7.67. The third kappa shape index (κ3) is 3.55. The Kier molecular flexibility index (Phi) is 5.50. The van der Waals surface area contributed by atoms with Crippen LogP contribution in [0.15, 0.2) is 103 Å². The summed E-state index contributed by atoms with van der Waals surface area (Å²) in [6, 6.07) is 31.8. The van der Waals surface area contributed by atoms with Crippen molar-refractivity contribution < 1.29 is 5.11 Å². The fourth-order valence-electron chi connectivity index (χ4n) is 3.85. The molecule has 0 fully saturated rings. The highest BCUT2D eigenvalue weighted by Gasteiger charge is 2.46. The van der Waals surface area contributed by atoms with E-state index in [1.807, 2.05) is 18.2 Å². The van der Waals surface area contributed by atoms with Crippen molar-refractivity contribution in [3.8, 4) is 0 Å². The van der Waals surface area contributed by atoms with Gasteiger partial charge in [0.15, 0.2) is 8.07 Å². The van der Waals surface area contributed by atoms with Crippen LogP contribution in [-0.4, -0.2) is 19.3 Å². The lowest BCUT2D eigenvalue weighted by Crippen LogP contribution is -2.70. The van der Waals surface area contributed by atoms with Gasteiger partial charge in [0.2, 0.25) is 0 Å². The topological polar surface area (TPSA) is 20.2 Å². The normalized spacial score (nSPS) is 13.2. The van der Waals surface area contributed by atoms with Crippen molar-refractivity contribution in [2.45, 2.75) is 26.9 Å². The van der Waals surface area contributed by atoms with Crippen LogP contribution < -0.4 is 15.6 Å². The minimum atomic E-state index is -2.64. The maximum atomic E-state index is 11.3. The van der Waals surface area contributed by atoms with Crippen LogP contribution in [0, 0.1) is 5.41 Å². The van der Waals surface area contributed by atoms with E-state index in [9.17, 15) is 5.11 Å². The van der Waals surface area contributed by atoms with E-state index in [0.717, 1.165) is 5.20 Å². The highest BCUT2D eigenvalue weighted by molar-refractivity contribution is 7.16. The number of aliphatic hydroxyl groups excluding tert-OH is 1. The van der Waals surface area contributed by atoms with Crippen LogP contribution in [0.3, 0.4) is 0 Å². The summed E-state index contributed by atoms with van der Waals surface area (Å²) in [5.41, 5.74) is -0.284. The molecule has 0 aliphatic rings. The Morgan fingerprint density at radius 2 is 1.00 bits per heavy atom. The molecule has 0 aliphatic heterocycles. The summed E-state index contributed by atoms with van der Waals surface area (Å²) in [6.07, 6.45) is -0.607. The molecule has 2 heteroatoms. The molecule has 1 atom stereocenters. The SMILES string of the molecule is C=C(C(O)C(C)(C)C)[Si](c1ccccc1)(c1ccccc1)c1ccccc1. The molecule has 0 saturated heterocycles. The van der Waals surface area contributed by atoms with E-state index in [1.54, 1.807) is 0 Å². The molecule has 27 heavy (non-hydrogen) atoms. The zero-order valence-electron chi connectivity index (χ0n) is 16.4. The number of hydrogen-bond donors (Lipinski definition) is 1. The van der Waals surface area contributed by atoms with Gasteiger partial charge >= 0.3 is 0 Å². The Morgan fingerprint density at radius 3 is 1.26 bits per heavy atom. The lowest BCUT2D eigenvalue weighted by atomic mass is 9.89. The number of benzene rings is 3. The average molecular weight is 373 g/mol. The van der Waals surface area contributed by atoms with Gasteiger partial charge in [0.25, 0.3) is 0 Å². The van der Waals surface area contributed by atoms with Crippen LogP contribution in [-0.2, 0) is 0 Å². The number of aliphatic hydroxyl groups is 1. The molecule has 3 aromatic carbocycles. The van der Waals surface area contributed by atoms with Crippen molar-refractivity contribution >= 4 is 23.6 Å². The molecule has 138 valence electrons. The van der Waals surface area contributed by atoms with Gasteiger partial charge in [0.1, 0.15) is 0 Å². The molecule has 1 unspecified atom stereocenters. The number of hydrogen-bond acceptors (Lipinski definition) is 1. The maximum absolute atomic E-state index is 11.3. The van der Waals surface area contributed by atoms with Gasteiger partial charge in [-0.3, -0.25) is 0 Å². The Hall–Kier alpha value is -2.42. The van der Waals surface area contributed by atoms with Crippen molar-refractivity contribution in [3.63, 3.8) is 0 Å². The van der Waals surface area contributed by atoms with Crippen molar-refractivity contribution in [2.24, 2.45) is 5.41 Å². The molecule has 1 N–H and O–H groups in total. The summed E-state index contributed by atoms with van der Waals surface area (Å²) in [5.74, 6) is 0. The van der Waals surface area contributed by atoms with Crippen LogP contribution in [0.25, 0.3) is 0 Å². The molecular formula is C25H28OSi. The Labute approximate surface area is 164 Å². The summed E-state index contributed by atoms with van der Waals surface area (Å²) in [5, 5.41) is 16.0. The number of rotatable bonds is 5. The first-order chi connectivity index (χ1) is 12.9. The average Bonchev–Trinajstić information content (AvgIpc) is 2.70. The highest BCUT2D eigenvalue weighted by Crippen LogP contribution is 2.29. The first-order valence-corrected chi connectivity index (χ1v) is 11.4. The van der Waals surface area contributed by atoms with Gasteiger partial charge in [-0.1, -0.05) is 112 Å². The van der Waals surface area contributed by atoms with E-state index in [4.69, 9.17) is 0 Å². The molecule has 0 heterocycles. The summed E-state index contributed by atoms with van der Waals surface area (Å²) in [6.45, 7) is 10.8. The molecule has 0 bridgehead atoms. The van der Waals surface area contributed by atoms with E-state index in [-0.39, 0.29) is 5.41 Å². The van der Waals surface area contributed by atoms with Gasteiger partial charge in [0.05, 0.1) is 6.10 Å². The van der Waals surface area contributed by atoms with E-state index >= 15 is 0 Å². The molecule has 0 spiro atoms. The molecule has 0 aromatic heterocycles. The molecular weight excluding hydrogens is 344 g/mol. The highest BCUT2D eigenvalue weighted by atomic mass is 28.3. The van der Waals surface area contributed by atoms with Crippen LogP contribution >= 0.6 is 0 Å². The lowest BCUT2D eigenvalue weighted by Gasteiger charge is -2.41. The van der Waals surface area contributed by atoms with Gasteiger partial charge in [-0.2, -0.15) is 0 Å². The second-order valence-electron chi connectivity index (χ2n) is 8.14. The quantitative estimate of drug-likeness (QED) is 0.535. The molecule has 0 radical (unpaired) electrons.